The Kier molecular flexibility index (Phi) is 4.86. The van der Waals surface area contributed by atoms with Crippen LogP contribution in [0.25, 0.3) is 22.3 Å². The number of hydrogen-bond acceptors (Lipinski definition) is 8. The molecule has 1 atom stereocenters. The van der Waals surface area contributed by atoms with Gasteiger partial charge in [-0.15, -0.1) is 0 Å². The fourth-order valence-corrected chi connectivity index (χ4v) is 3.33. The zero-order valence-corrected chi connectivity index (χ0v) is 16.6. The lowest BCUT2D eigenvalue weighted by Crippen LogP contribution is -2.14. The van der Waals surface area contributed by atoms with E-state index in [1.54, 1.807) is 6.20 Å². The monoisotopic (exact) mass is 396 g/mol. The zero-order valence-electron chi connectivity index (χ0n) is 16.6. The number of pyridine rings is 2. The summed E-state index contributed by atoms with van der Waals surface area (Å²) in [5, 5.41) is 13.7. The Balaban J connectivity index is 1.85. The minimum absolute atomic E-state index is 0.00161. The maximum atomic E-state index is 9.46. The SMILES string of the molecule is Cc1ccc2cc([C@H](C)Nc3nc(N)nc(N)c3C#N)c(-c3ccccn3)nc2c1. The van der Waals surface area contributed by atoms with Gasteiger partial charge in [0.15, 0.2) is 5.82 Å². The van der Waals surface area contributed by atoms with E-state index in [0.717, 1.165) is 33.4 Å². The largest absolute Gasteiger partial charge is 0.382 e. The van der Waals surface area contributed by atoms with Crippen LogP contribution in [0.4, 0.5) is 17.6 Å². The highest BCUT2D eigenvalue weighted by Crippen LogP contribution is 2.32. The molecular weight excluding hydrogens is 376 g/mol. The highest BCUT2D eigenvalue weighted by atomic mass is 15.1. The summed E-state index contributed by atoms with van der Waals surface area (Å²) in [6.07, 6.45) is 1.74. The van der Waals surface area contributed by atoms with Crippen molar-refractivity contribution in [2.75, 3.05) is 16.8 Å². The molecule has 0 radical (unpaired) electrons. The Morgan fingerprint density at radius 3 is 2.63 bits per heavy atom. The number of nitrogens with zero attached hydrogens (tertiary/aromatic N) is 5. The lowest BCUT2D eigenvalue weighted by atomic mass is 10.00. The molecule has 0 fully saturated rings. The van der Waals surface area contributed by atoms with Crippen molar-refractivity contribution in [3.05, 3.63) is 65.4 Å². The van der Waals surface area contributed by atoms with E-state index < -0.39 is 0 Å². The molecule has 1 aromatic carbocycles. The van der Waals surface area contributed by atoms with Gasteiger partial charge in [0.1, 0.15) is 17.5 Å². The van der Waals surface area contributed by atoms with Crippen LogP contribution in [0.3, 0.4) is 0 Å². The van der Waals surface area contributed by atoms with E-state index in [2.05, 4.69) is 26.3 Å². The highest BCUT2D eigenvalue weighted by molar-refractivity contribution is 5.84. The summed E-state index contributed by atoms with van der Waals surface area (Å²) in [6, 6.07) is 15.7. The molecule has 8 nitrogen and oxygen atoms in total. The van der Waals surface area contributed by atoms with Crippen LogP contribution >= 0.6 is 0 Å². The maximum absolute atomic E-state index is 9.46. The van der Waals surface area contributed by atoms with Crippen LogP contribution < -0.4 is 16.8 Å². The standard InChI is InChI=1S/C22H20N8/c1-12-6-7-14-10-15(19(28-18(14)9-12)17-5-3-4-8-26-17)13(2)27-21-16(11-23)20(24)29-22(25)30-21/h3-10,13H,1-2H3,(H5,24,25,27,29,30)/t13-/m0/s1. The molecule has 3 aromatic heterocycles. The van der Waals surface area contributed by atoms with E-state index in [1.165, 1.54) is 0 Å². The van der Waals surface area contributed by atoms with Crippen LogP contribution in [-0.2, 0) is 0 Å². The third-order valence-electron chi connectivity index (χ3n) is 4.80. The summed E-state index contributed by atoms with van der Waals surface area (Å²) in [5.74, 6) is 0.320. The Morgan fingerprint density at radius 1 is 1.07 bits per heavy atom. The molecule has 8 heteroatoms. The number of hydrogen-bond donors (Lipinski definition) is 3. The van der Waals surface area contributed by atoms with Crippen molar-refractivity contribution in [2.45, 2.75) is 19.9 Å². The predicted molar refractivity (Wildman–Crippen MR) is 117 cm³/mol. The number of aryl methyl sites for hydroxylation is 1. The van der Waals surface area contributed by atoms with Gasteiger partial charge in [0.2, 0.25) is 5.95 Å². The first-order valence-corrected chi connectivity index (χ1v) is 9.38. The average molecular weight is 396 g/mol. The van der Waals surface area contributed by atoms with Gasteiger partial charge in [-0.3, -0.25) is 4.98 Å². The fourth-order valence-electron chi connectivity index (χ4n) is 3.33. The number of nitrogens with one attached hydrogen (secondary N) is 1. The molecule has 3 heterocycles. The van der Waals surface area contributed by atoms with Crippen molar-refractivity contribution in [2.24, 2.45) is 0 Å². The third kappa shape index (κ3) is 3.56. The van der Waals surface area contributed by atoms with Crippen LogP contribution in [0.15, 0.2) is 48.7 Å². The smallest absolute Gasteiger partial charge is 0.224 e. The van der Waals surface area contributed by atoms with E-state index >= 15 is 0 Å². The number of aromatic nitrogens is 4. The molecule has 0 spiro atoms. The van der Waals surface area contributed by atoms with Crippen LogP contribution in [0, 0.1) is 18.3 Å². The molecule has 0 aliphatic rings. The Bertz CT molecular complexity index is 1280. The van der Waals surface area contributed by atoms with Crippen LogP contribution in [0.5, 0.6) is 0 Å². The van der Waals surface area contributed by atoms with E-state index in [4.69, 9.17) is 16.5 Å². The minimum atomic E-state index is -0.263. The molecule has 0 unspecified atom stereocenters. The summed E-state index contributed by atoms with van der Waals surface area (Å²) >= 11 is 0. The predicted octanol–water partition coefficient (Wildman–Crippen LogP) is 3.60. The Morgan fingerprint density at radius 2 is 1.90 bits per heavy atom. The van der Waals surface area contributed by atoms with Gasteiger partial charge in [-0.1, -0.05) is 18.2 Å². The van der Waals surface area contributed by atoms with Crippen molar-refractivity contribution in [3.8, 4) is 17.5 Å². The van der Waals surface area contributed by atoms with Gasteiger partial charge in [-0.2, -0.15) is 15.2 Å². The summed E-state index contributed by atoms with van der Waals surface area (Å²) in [4.78, 5) is 17.4. The summed E-state index contributed by atoms with van der Waals surface area (Å²) in [6.45, 7) is 3.99. The first-order valence-electron chi connectivity index (χ1n) is 9.38. The Hall–Kier alpha value is -4.25. The van der Waals surface area contributed by atoms with Crippen LogP contribution in [0.2, 0.25) is 0 Å². The first-order chi connectivity index (χ1) is 14.5. The number of nitriles is 1. The molecule has 30 heavy (non-hydrogen) atoms. The number of fused-ring (bicyclic) bond motifs is 1. The van der Waals surface area contributed by atoms with Gasteiger partial charge in [-0.25, -0.2) is 4.98 Å². The molecule has 0 saturated heterocycles. The molecule has 148 valence electrons. The Labute approximate surface area is 173 Å². The second kappa shape index (κ2) is 7.64. The van der Waals surface area contributed by atoms with Gasteiger partial charge in [0, 0.05) is 17.1 Å². The number of nitrogen functional groups attached to an aromatic ring is 2. The van der Waals surface area contributed by atoms with Crippen LogP contribution in [0.1, 0.15) is 29.7 Å². The molecule has 0 saturated carbocycles. The molecule has 0 aliphatic heterocycles. The third-order valence-corrected chi connectivity index (χ3v) is 4.80. The molecular formula is C22H20N8. The average Bonchev–Trinajstić information content (AvgIpc) is 2.73. The number of anilines is 3. The van der Waals surface area contributed by atoms with Crippen molar-refractivity contribution >= 4 is 28.5 Å². The van der Waals surface area contributed by atoms with Crippen molar-refractivity contribution in [3.63, 3.8) is 0 Å². The molecule has 5 N–H and O–H groups in total. The molecule has 4 rings (SSSR count). The van der Waals surface area contributed by atoms with Crippen molar-refractivity contribution in [1.29, 1.82) is 5.26 Å². The van der Waals surface area contributed by atoms with Crippen molar-refractivity contribution < 1.29 is 0 Å². The topological polar surface area (TPSA) is 139 Å². The van der Waals surface area contributed by atoms with Crippen LogP contribution in [-0.4, -0.2) is 19.9 Å². The lowest BCUT2D eigenvalue weighted by molar-refractivity contribution is 0.869. The quantitative estimate of drug-likeness (QED) is 0.475. The van der Waals surface area contributed by atoms with Gasteiger partial charge in [-0.05, 0) is 43.7 Å². The van der Waals surface area contributed by atoms with Gasteiger partial charge in [0.25, 0.3) is 0 Å². The first kappa shape index (κ1) is 19.1. The van der Waals surface area contributed by atoms with Crippen molar-refractivity contribution in [1.82, 2.24) is 19.9 Å². The van der Waals surface area contributed by atoms with Gasteiger partial charge in [0.05, 0.1) is 22.9 Å². The lowest BCUT2D eigenvalue weighted by Gasteiger charge is -2.20. The normalized spacial score (nSPS) is 11.8. The van der Waals surface area contributed by atoms with E-state index in [0.29, 0.717) is 0 Å². The number of nitrogens with two attached hydrogens (primary N) is 2. The van der Waals surface area contributed by atoms with E-state index in [-0.39, 0.29) is 29.2 Å². The van der Waals surface area contributed by atoms with E-state index in [9.17, 15) is 5.26 Å². The van der Waals surface area contributed by atoms with Gasteiger partial charge < -0.3 is 16.8 Å². The number of benzene rings is 1. The summed E-state index contributed by atoms with van der Waals surface area (Å²) < 4.78 is 0. The molecule has 4 aromatic rings. The molecule has 0 aliphatic carbocycles. The molecule has 0 amide bonds. The second-order valence-electron chi connectivity index (χ2n) is 7.01. The number of rotatable bonds is 4. The maximum Gasteiger partial charge on any atom is 0.224 e. The minimum Gasteiger partial charge on any atom is -0.382 e. The van der Waals surface area contributed by atoms with E-state index in [1.807, 2.05) is 56.3 Å². The fraction of sp³-hybridized carbons (Fsp3) is 0.136. The van der Waals surface area contributed by atoms with Gasteiger partial charge >= 0.3 is 0 Å². The second-order valence-corrected chi connectivity index (χ2v) is 7.01. The zero-order chi connectivity index (χ0) is 21.3. The summed E-state index contributed by atoms with van der Waals surface area (Å²) in [7, 11) is 0. The highest BCUT2D eigenvalue weighted by Gasteiger charge is 2.19. The molecule has 0 bridgehead atoms. The summed E-state index contributed by atoms with van der Waals surface area (Å²) in [5.41, 5.74) is 16.2.